The minimum absolute atomic E-state index is 1.11. The zero-order valence-corrected chi connectivity index (χ0v) is 22.5. The first-order valence-corrected chi connectivity index (χ1v) is 20.7. The Balaban J connectivity index is 6.31. The molecule has 0 amide bonds. The summed E-state index contributed by atoms with van der Waals surface area (Å²) >= 11 is 0. The van der Waals surface area contributed by atoms with Crippen molar-refractivity contribution in [2.45, 2.75) is 97.4 Å². The zero-order valence-electron chi connectivity index (χ0n) is 18.6. The van der Waals surface area contributed by atoms with Gasteiger partial charge in [-0.1, -0.05) is 61.2 Å². The lowest BCUT2D eigenvalue weighted by Gasteiger charge is -2.21. The van der Waals surface area contributed by atoms with Crippen molar-refractivity contribution in [3.8, 4) is 33.6 Å². The molecular weight excluding hydrogens is 383 g/mol. The average Bonchev–Trinajstić information content (AvgIpc) is 2.63. The van der Waals surface area contributed by atoms with Crippen molar-refractivity contribution in [1.29, 1.82) is 0 Å². The highest BCUT2D eigenvalue weighted by Gasteiger charge is 2.27. The molecule has 0 N–H and O–H groups in total. The van der Waals surface area contributed by atoms with Crippen LogP contribution in [0, 0.1) is 33.6 Å². The van der Waals surface area contributed by atoms with Gasteiger partial charge in [0.05, 0.1) is 0 Å². The fourth-order valence-corrected chi connectivity index (χ4v) is 12.1. The van der Waals surface area contributed by atoms with E-state index >= 15 is 0 Å². The van der Waals surface area contributed by atoms with Crippen molar-refractivity contribution in [2.75, 3.05) is 0 Å². The zero-order chi connectivity index (χ0) is 20.5. The molecule has 0 aliphatic heterocycles. The van der Waals surface area contributed by atoms with Crippen LogP contribution in [0.25, 0.3) is 0 Å². The summed E-state index contributed by atoms with van der Waals surface area (Å²) in [6, 6.07) is 6.66. The van der Waals surface area contributed by atoms with Crippen LogP contribution in [0.3, 0.4) is 0 Å². The van der Waals surface area contributed by atoms with E-state index in [9.17, 15) is 4.57 Å². The van der Waals surface area contributed by atoms with E-state index in [0.717, 1.165) is 36.3 Å². The molecule has 1 nitrogen and oxygen atoms in total. The van der Waals surface area contributed by atoms with E-state index in [0.29, 0.717) is 0 Å². The van der Waals surface area contributed by atoms with E-state index in [-0.39, 0.29) is 0 Å². The Morgan fingerprint density at radius 1 is 0.577 bits per heavy atom. The Labute approximate surface area is 166 Å². The van der Waals surface area contributed by atoms with Gasteiger partial charge in [-0.05, 0) is 53.2 Å². The Morgan fingerprint density at radius 2 is 0.846 bits per heavy atom. The number of hydrogen-bond donors (Lipinski definition) is 0. The lowest BCUT2D eigenvalue weighted by Crippen LogP contribution is -2.29. The van der Waals surface area contributed by atoms with Gasteiger partial charge in [0.1, 0.15) is 24.2 Å². The molecule has 146 valence electrons. The van der Waals surface area contributed by atoms with Crippen LogP contribution in [-0.4, -0.2) is 24.2 Å². The summed E-state index contributed by atoms with van der Waals surface area (Å²) in [7, 11) is -7.98. The van der Waals surface area contributed by atoms with Gasteiger partial charge in [-0.3, -0.25) is 4.57 Å². The highest BCUT2D eigenvalue weighted by Crippen LogP contribution is 2.43. The van der Waals surface area contributed by atoms with Crippen molar-refractivity contribution in [3.05, 3.63) is 0 Å². The summed E-state index contributed by atoms with van der Waals surface area (Å²) in [5, 5.41) is 0. The van der Waals surface area contributed by atoms with E-state index in [2.05, 4.69) is 94.8 Å². The predicted molar refractivity (Wildman–Crippen MR) is 129 cm³/mol. The Hall–Kier alpha value is -0.439. The van der Waals surface area contributed by atoms with Gasteiger partial charge in [-0.15, -0.1) is 16.6 Å². The summed E-state index contributed by atoms with van der Waals surface area (Å²) in [6.45, 7) is 19.9. The van der Waals surface area contributed by atoms with E-state index in [1.165, 1.54) is 0 Å². The molecule has 26 heavy (non-hydrogen) atoms. The molecule has 0 atom stereocenters. The molecule has 0 saturated heterocycles. The third-order valence-corrected chi connectivity index (χ3v) is 17.8. The summed E-state index contributed by atoms with van der Waals surface area (Å²) in [5.74, 6) is 0. The van der Waals surface area contributed by atoms with Crippen molar-refractivity contribution in [3.63, 3.8) is 0 Å². The van der Waals surface area contributed by atoms with Crippen LogP contribution >= 0.6 is 7.14 Å². The van der Waals surface area contributed by atoms with E-state index < -0.39 is 31.4 Å². The number of hydrogen-bond acceptors (Lipinski definition) is 1. The fourth-order valence-electron chi connectivity index (χ4n) is 2.76. The molecule has 0 fully saturated rings. The first-order chi connectivity index (χ1) is 12.0. The monoisotopic (exact) mass is 422 g/mol. The van der Waals surface area contributed by atoms with Crippen LogP contribution in [0.4, 0.5) is 0 Å². The second-order valence-electron chi connectivity index (χ2n) is 8.25. The quantitative estimate of drug-likeness (QED) is 0.251. The summed E-state index contributed by atoms with van der Waals surface area (Å²) < 4.78 is 13.6. The number of rotatable bonds is 6. The molecule has 0 aliphatic carbocycles. The maximum Gasteiger partial charge on any atom is 0.289 e. The van der Waals surface area contributed by atoms with Crippen molar-refractivity contribution in [2.24, 2.45) is 0 Å². The van der Waals surface area contributed by atoms with Gasteiger partial charge < -0.3 is 0 Å². The van der Waals surface area contributed by atoms with Gasteiger partial charge in [0, 0.05) is 0 Å². The first kappa shape index (κ1) is 25.6. The van der Waals surface area contributed by atoms with Crippen LogP contribution in [0.5, 0.6) is 0 Å². The van der Waals surface area contributed by atoms with Crippen molar-refractivity contribution < 1.29 is 4.57 Å². The second kappa shape index (κ2) is 10.8. The van der Waals surface area contributed by atoms with Gasteiger partial charge in [0.15, 0.2) is 0 Å². The SMILES string of the molecule is CC[Si](C#CP(=O)(C#C[Si](C)(C)C)C#C[Si](CC)(CC)CC)(CC)CC. The maximum atomic E-state index is 13.6. The third kappa shape index (κ3) is 8.06. The molecule has 0 rings (SSSR count). The molecule has 0 aromatic carbocycles. The van der Waals surface area contributed by atoms with Gasteiger partial charge >= 0.3 is 0 Å². The predicted octanol–water partition coefficient (Wildman–Crippen LogP) is 7.21. The van der Waals surface area contributed by atoms with Gasteiger partial charge in [0.2, 0.25) is 0 Å². The summed E-state index contributed by atoms with van der Waals surface area (Å²) in [4.78, 5) is 0. The van der Waals surface area contributed by atoms with Crippen LogP contribution in [0.15, 0.2) is 0 Å². The van der Waals surface area contributed by atoms with Gasteiger partial charge in [0.25, 0.3) is 7.14 Å². The molecule has 0 heterocycles. The topological polar surface area (TPSA) is 17.1 Å². The molecule has 5 heteroatoms. The van der Waals surface area contributed by atoms with Gasteiger partial charge in [-0.2, -0.15) is 0 Å². The van der Waals surface area contributed by atoms with Crippen LogP contribution < -0.4 is 0 Å². The molecule has 0 aromatic rings. The minimum Gasteiger partial charge on any atom is -0.282 e. The molecule has 0 spiro atoms. The van der Waals surface area contributed by atoms with E-state index in [1.807, 2.05) is 0 Å². The highest BCUT2D eigenvalue weighted by molar-refractivity contribution is 7.78. The van der Waals surface area contributed by atoms with Crippen molar-refractivity contribution in [1.82, 2.24) is 0 Å². The second-order valence-corrected chi connectivity index (χ2v) is 24.8. The Kier molecular flexibility index (Phi) is 10.6. The highest BCUT2D eigenvalue weighted by atomic mass is 31.2. The van der Waals surface area contributed by atoms with E-state index in [1.54, 1.807) is 0 Å². The standard InChI is InChI=1S/C21H39OPSi3/c1-10-25(11-2,12-3)20-17-23(22,16-19-24(7,8)9)18-21-26(13-4,14-5)15-6/h10-15H2,1-9H3. The Morgan fingerprint density at radius 3 is 1.08 bits per heavy atom. The molecule has 0 saturated carbocycles. The van der Waals surface area contributed by atoms with Gasteiger partial charge in [-0.25, -0.2) is 0 Å². The fraction of sp³-hybridized carbons (Fsp3) is 0.714. The maximum absolute atomic E-state index is 13.6. The van der Waals surface area contributed by atoms with Crippen LogP contribution in [0.1, 0.15) is 41.5 Å². The average molecular weight is 423 g/mol. The molecular formula is C21H39OPSi3. The molecule has 0 unspecified atom stereocenters. The van der Waals surface area contributed by atoms with E-state index in [4.69, 9.17) is 0 Å². The normalized spacial score (nSPS) is 12.2. The summed E-state index contributed by atoms with van der Waals surface area (Å²) in [5.41, 5.74) is 19.7. The van der Waals surface area contributed by atoms with Crippen LogP contribution in [0.2, 0.25) is 55.9 Å². The summed E-state index contributed by atoms with van der Waals surface area (Å²) in [6.07, 6.45) is 0. The first-order valence-electron chi connectivity index (χ1n) is 10.2. The molecule has 0 aliphatic rings. The molecule has 0 aromatic heterocycles. The molecule has 0 bridgehead atoms. The third-order valence-electron chi connectivity index (χ3n) is 5.61. The van der Waals surface area contributed by atoms with Crippen molar-refractivity contribution >= 4 is 31.4 Å². The minimum atomic E-state index is -3.07. The Bertz CT molecular complexity index is 620. The largest absolute Gasteiger partial charge is 0.289 e. The lowest BCUT2D eigenvalue weighted by molar-refractivity contribution is 0.594. The van der Waals surface area contributed by atoms with Crippen LogP contribution in [-0.2, 0) is 4.57 Å². The molecule has 0 radical (unpaired) electrons. The smallest absolute Gasteiger partial charge is 0.282 e. The lowest BCUT2D eigenvalue weighted by atomic mass is 10.9.